The van der Waals surface area contributed by atoms with Gasteiger partial charge in [0.25, 0.3) is 5.56 Å². The fourth-order valence-electron chi connectivity index (χ4n) is 3.24. The maximum absolute atomic E-state index is 13.4. The van der Waals surface area contributed by atoms with Gasteiger partial charge in [-0.15, -0.1) is 0 Å². The van der Waals surface area contributed by atoms with Crippen LogP contribution in [0.3, 0.4) is 0 Å². The predicted octanol–water partition coefficient (Wildman–Crippen LogP) is 3.43. The van der Waals surface area contributed by atoms with Gasteiger partial charge in [-0.3, -0.25) is 9.36 Å². The maximum Gasteiger partial charge on any atom is 0.338 e. The standard InChI is InChI=1S/C20H19BrN2O4/c1-4-27-20(26)17-11(2)9-14-18(12(17)3)19(25)23(16(10-24)22-14)15-8-6-5-7-13(15)21/h5-9,24H,4,10H2,1-3H3. The summed E-state index contributed by atoms with van der Waals surface area (Å²) in [7, 11) is 0. The van der Waals surface area contributed by atoms with Gasteiger partial charge in [0.1, 0.15) is 12.4 Å². The van der Waals surface area contributed by atoms with Gasteiger partial charge in [-0.2, -0.15) is 0 Å². The summed E-state index contributed by atoms with van der Waals surface area (Å²) in [4.78, 5) is 30.2. The highest BCUT2D eigenvalue weighted by atomic mass is 79.9. The molecule has 0 spiro atoms. The predicted molar refractivity (Wildman–Crippen MR) is 106 cm³/mol. The van der Waals surface area contributed by atoms with Crippen LogP contribution in [0.1, 0.15) is 34.2 Å². The van der Waals surface area contributed by atoms with Crippen molar-refractivity contribution in [2.75, 3.05) is 6.61 Å². The Morgan fingerprint density at radius 1 is 1.30 bits per heavy atom. The zero-order valence-corrected chi connectivity index (χ0v) is 16.8. The summed E-state index contributed by atoms with van der Waals surface area (Å²) in [6.45, 7) is 5.08. The van der Waals surface area contributed by atoms with Crippen LogP contribution >= 0.6 is 15.9 Å². The van der Waals surface area contributed by atoms with Crippen LogP contribution in [0.4, 0.5) is 0 Å². The van der Waals surface area contributed by atoms with E-state index in [0.717, 1.165) is 0 Å². The fraction of sp³-hybridized carbons (Fsp3) is 0.250. The number of aliphatic hydroxyl groups excluding tert-OH is 1. The van der Waals surface area contributed by atoms with Crippen molar-refractivity contribution in [3.05, 3.63) is 67.7 Å². The average molecular weight is 431 g/mol. The number of aliphatic hydroxyl groups is 1. The molecular weight excluding hydrogens is 412 g/mol. The van der Waals surface area contributed by atoms with E-state index in [1.54, 1.807) is 45.0 Å². The average Bonchev–Trinajstić information content (AvgIpc) is 2.62. The third-order valence-electron chi connectivity index (χ3n) is 4.39. The monoisotopic (exact) mass is 430 g/mol. The number of carbonyl (C=O) groups is 1. The number of rotatable bonds is 4. The molecule has 0 fully saturated rings. The van der Waals surface area contributed by atoms with Crippen molar-refractivity contribution in [3.8, 4) is 5.69 Å². The van der Waals surface area contributed by atoms with Crippen molar-refractivity contribution in [1.82, 2.24) is 9.55 Å². The smallest absolute Gasteiger partial charge is 0.338 e. The van der Waals surface area contributed by atoms with Gasteiger partial charge in [0, 0.05) is 4.47 Å². The Balaban J connectivity index is 2.43. The van der Waals surface area contributed by atoms with Crippen molar-refractivity contribution in [1.29, 1.82) is 0 Å². The maximum atomic E-state index is 13.4. The lowest BCUT2D eigenvalue weighted by molar-refractivity contribution is 0.0525. The third kappa shape index (κ3) is 3.28. The van der Waals surface area contributed by atoms with Crippen LogP contribution in [0.5, 0.6) is 0 Å². The van der Waals surface area contributed by atoms with E-state index < -0.39 is 12.6 Å². The molecule has 2 aromatic carbocycles. The van der Waals surface area contributed by atoms with Gasteiger partial charge in [-0.1, -0.05) is 12.1 Å². The van der Waals surface area contributed by atoms with E-state index in [-0.39, 0.29) is 18.0 Å². The highest BCUT2D eigenvalue weighted by Gasteiger charge is 2.21. The Kier molecular flexibility index (Phi) is 5.43. The highest BCUT2D eigenvalue weighted by molar-refractivity contribution is 9.10. The Bertz CT molecular complexity index is 1110. The Morgan fingerprint density at radius 2 is 2.00 bits per heavy atom. The molecular formula is C20H19BrN2O4. The summed E-state index contributed by atoms with van der Waals surface area (Å²) >= 11 is 3.44. The van der Waals surface area contributed by atoms with Gasteiger partial charge < -0.3 is 9.84 Å². The second kappa shape index (κ2) is 7.62. The second-order valence-electron chi connectivity index (χ2n) is 6.09. The molecule has 27 heavy (non-hydrogen) atoms. The Morgan fingerprint density at radius 3 is 2.63 bits per heavy atom. The van der Waals surface area contributed by atoms with Crippen molar-refractivity contribution in [2.45, 2.75) is 27.4 Å². The first-order valence-electron chi connectivity index (χ1n) is 8.49. The number of ether oxygens (including phenoxy) is 1. The number of aryl methyl sites for hydroxylation is 2. The number of fused-ring (bicyclic) bond motifs is 1. The van der Waals surface area contributed by atoms with E-state index >= 15 is 0 Å². The third-order valence-corrected chi connectivity index (χ3v) is 5.06. The molecule has 6 nitrogen and oxygen atoms in total. The second-order valence-corrected chi connectivity index (χ2v) is 6.94. The normalized spacial score (nSPS) is 11.0. The first kappa shape index (κ1) is 19.3. The van der Waals surface area contributed by atoms with E-state index in [9.17, 15) is 14.7 Å². The summed E-state index contributed by atoms with van der Waals surface area (Å²) in [5.74, 6) is -0.241. The van der Waals surface area contributed by atoms with Crippen LogP contribution in [-0.2, 0) is 11.3 Å². The molecule has 3 aromatic rings. The van der Waals surface area contributed by atoms with Crippen LogP contribution in [0.15, 0.2) is 39.6 Å². The van der Waals surface area contributed by atoms with E-state index in [4.69, 9.17) is 4.74 Å². The van der Waals surface area contributed by atoms with Crippen LogP contribution in [0, 0.1) is 13.8 Å². The molecule has 1 heterocycles. The zero-order valence-electron chi connectivity index (χ0n) is 15.2. The van der Waals surface area contributed by atoms with Crippen molar-refractivity contribution < 1.29 is 14.6 Å². The molecule has 0 saturated heterocycles. The molecule has 0 saturated carbocycles. The molecule has 140 valence electrons. The first-order chi connectivity index (χ1) is 12.9. The number of para-hydroxylation sites is 1. The topological polar surface area (TPSA) is 81.4 Å². The molecule has 0 aliphatic carbocycles. The van der Waals surface area contributed by atoms with E-state index in [0.29, 0.717) is 37.8 Å². The van der Waals surface area contributed by atoms with Crippen molar-refractivity contribution >= 4 is 32.8 Å². The van der Waals surface area contributed by atoms with E-state index in [1.165, 1.54) is 4.57 Å². The number of hydrogen-bond acceptors (Lipinski definition) is 5. The number of nitrogens with zero attached hydrogens (tertiary/aromatic N) is 2. The molecule has 1 N–H and O–H groups in total. The van der Waals surface area contributed by atoms with Crippen LogP contribution in [0.25, 0.3) is 16.6 Å². The fourth-order valence-corrected chi connectivity index (χ4v) is 3.71. The number of halogens is 1. The lowest BCUT2D eigenvalue weighted by Crippen LogP contribution is -2.26. The van der Waals surface area contributed by atoms with Gasteiger partial charge in [0.2, 0.25) is 0 Å². The largest absolute Gasteiger partial charge is 0.462 e. The molecule has 0 bridgehead atoms. The first-order valence-corrected chi connectivity index (χ1v) is 9.28. The van der Waals surface area contributed by atoms with Gasteiger partial charge in [-0.25, -0.2) is 9.78 Å². The summed E-state index contributed by atoms with van der Waals surface area (Å²) in [6.07, 6.45) is 0. The quantitative estimate of drug-likeness (QED) is 0.641. The molecule has 7 heteroatoms. The van der Waals surface area contributed by atoms with Gasteiger partial charge >= 0.3 is 5.97 Å². The highest BCUT2D eigenvalue weighted by Crippen LogP contribution is 2.26. The number of benzene rings is 2. The molecule has 0 atom stereocenters. The lowest BCUT2D eigenvalue weighted by atomic mass is 9.98. The summed E-state index contributed by atoms with van der Waals surface area (Å²) in [6, 6.07) is 8.87. The van der Waals surface area contributed by atoms with Crippen LogP contribution in [0.2, 0.25) is 0 Å². The SMILES string of the molecule is CCOC(=O)c1c(C)cc2nc(CO)n(-c3ccccc3Br)c(=O)c2c1C. The lowest BCUT2D eigenvalue weighted by Gasteiger charge is -2.16. The molecule has 1 aromatic heterocycles. The number of esters is 1. The van der Waals surface area contributed by atoms with E-state index in [1.807, 2.05) is 6.07 Å². The van der Waals surface area contributed by atoms with E-state index in [2.05, 4.69) is 20.9 Å². The molecule has 0 aliphatic rings. The van der Waals surface area contributed by atoms with Crippen LogP contribution < -0.4 is 5.56 Å². The van der Waals surface area contributed by atoms with Gasteiger partial charge in [-0.05, 0) is 66.0 Å². The van der Waals surface area contributed by atoms with Gasteiger partial charge in [0.05, 0.1) is 28.8 Å². The molecule has 0 aliphatic heterocycles. The van der Waals surface area contributed by atoms with Gasteiger partial charge in [0.15, 0.2) is 0 Å². The van der Waals surface area contributed by atoms with Crippen molar-refractivity contribution in [3.63, 3.8) is 0 Å². The molecule has 0 radical (unpaired) electrons. The molecule has 3 rings (SSSR count). The summed E-state index contributed by atoms with van der Waals surface area (Å²) in [5, 5.41) is 10.1. The number of carbonyl (C=O) groups excluding carboxylic acids is 1. The molecule has 0 unspecified atom stereocenters. The van der Waals surface area contributed by atoms with Crippen molar-refractivity contribution in [2.24, 2.45) is 0 Å². The summed E-state index contributed by atoms with van der Waals surface area (Å²) < 4.78 is 7.20. The minimum Gasteiger partial charge on any atom is -0.462 e. The van der Waals surface area contributed by atoms with Crippen LogP contribution in [-0.4, -0.2) is 27.2 Å². The Hall–Kier alpha value is -2.51. The number of hydrogen-bond donors (Lipinski definition) is 1. The summed E-state index contributed by atoms with van der Waals surface area (Å²) in [5.41, 5.74) is 2.23. The Labute approximate surface area is 164 Å². The molecule has 0 amide bonds. The minimum absolute atomic E-state index is 0.224. The number of aromatic nitrogens is 2. The zero-order chi connectivity index (χ0) is 19.7. The minimum atomic E-state index is -0.465.